The second-order valence-electron chi connectivity index (χ2n) is 6.36. The number of hydrogen-bond acceptors (Lipinski definition) is 3. The molecular weight excluding hydrogens is 226 g/mol. The standard InChI is InChI=1S/C15H29NO2/c1-12(2)15(17-4)6-5-13(3)14(11-15)16-7-9-18-10-8-16/h12-14H,5-11H2,1-4H3/t13?,14?,15-/m0/s1. The van der Waals surface area contributed by atoms with E-state index in [1.54, 1.807) is 0 Å². The van der Waals surface area contributed by atoms with Gasteiger partial charge in [-0.3, -0.25) is 4.90 Å². The van der Waals surface area contributed by atoms with Gasteiger partial charge in [-0.15, -0.1) is 0 Å². The first-order valence-electron chi connectivity index (χ1n) is 7.46. The van der Waals surface area contributed by atoms with Gasteiger partial charge in [-0.05, 0) is 31.1 Å². The smallest absolute Gasteiger partial charge is 0.0716 e. The Morgan fingerprint density at radius 3 is 2.50 bits per heavy atom. The second-order valence-corrected chi connectivity index (χ2v) is 6.36. The molecule has 0 spiro atoms. The van der Waals surface area contributed by atoms with E-state index < -0.39 is 0 Å². The Kier molecular flexibility index (Phi) is 4.68. The molecule has 1 saturated heterocycles. The Hall–Kier alpha value is -0.120. The Labute approximate surface area is 112 Å². The maximum atomic E-state index is 5.95. The van der Waals surface area contributed by atoms with Gasteiger partial charge >= 0.3 is 0 Å². The third kappa shape index (κ3) is 2.73. The summed E-state index contributed by atoms with van der Waals surface area (Å²) in [6.07, 6.45) is 3.68. The number of hydrogen-bond donors (Lipinski definition) is 0. The van der Waals surface area contributed by atoms with Crippen molar-refractivity contribution in [2.24, 2.45) is 11.8 Å². The van der Waals surface area contributed by atoms with E-state index in [0.29, 0.717) is 12.0 Å². The zero-order chi connectivity index (χ0) is 13.2. The third-order valence-electron chi connectivity index (χ3n) is 5.21. The van der Waals surface area contributed by atoms with Crippen molar-refractivity contribution in [2.45, 2.75) is 51.7 Å². The van der Waals surface area contributed by atoms with Crippen molar-refractivity contribution in [3.8, 4) is 0 Å². The molecule has 3 heteroatoms. The molecule has 1 heterocycles. The van der Waals surface area contributed by atoms with Gasteiger partial charge in [-0.25, -0.2) is 0 Å². The van der Waals surface area contributed by atoms with Crippen LogP contribution in [0.25, 0.3) is 0 Å². The summed E-state index contributed by atoms with van der Waals surface area (Å²) in [5, 5.41) is 0. The quantitative estimate of drug-likeness (QED) is 0.773. The lowest BCUT2D eigenvalue weighted by atomic mass is 9.70. The molecule has 3 atom stereocenters. The molecule has 2 rings (SSSR count). The summed E-state index contributed by atoms with van der Waals surface area (Å²) in [6.45, 7) is 11.0. The molecule has 2 aliphatic rings. The van der Waals surface area contributed by atoms with E-state index in [1.807, 2.05) is 7.11 Å². The Morgan fingerprint density at radius 1 is 1.28 bits per heavy atom. The Morgan fingerprint density at radius 2 is 1.94 bits per heavy atom. The number of methoxy groups -OCH3 is 1. The van der Waals surface area contributed by atoms with Crippen molar-refractivity contribution in [1.29, 1.82) is 0 Å². The minimum absolute atomic E-state index is 0.0927. The number of nitrogens with zero attached hydrogens (tertiary/aromatic N) is 1. The minimum Gasteiger partial charge on any atom is -0.379 e. The van der Waals surface area contributed by atoms with Gasteiger partial charge in [-0.2, -0.15) is 0 Å². The van der Waals surface area contributed by atoms with Crippen molar-refractivity contribution in [2.75, 3.05) is 33.4 Å². The van der Waals surface area contributed by atoms with Crippen molar-refractivity contribution in [3.63, 3.8) is 0 Å². The molecule has 0 aromatic heterocycles. The molecule has 106 valence electrons. The molecule has 0 aromatic carbocycles. The number of ether oxygens (including phenoxy) is 2. The van der Waals surface area contributed by atoms with Crippen molar-refractivity contribution in [1.82, 2.24) is 4.90 Å². The summed E-state index contributed by atoms with van der Waals surface area (Å²) in [5.41, 5.74) is 0.0927. The third-order valence-corrected chi connectivity index (χ3v) is 5.21. The monoisotopic (exact) mass is 255 g/mol. The van der Waals surface area contributed by atoms with Crippen LogP contribution in [0, 0.1) is 11.8 Å². The van der Waals surface area contributed by atoms with Crippen LogP contribution in [-0.2, 0) is 9.47 Å². The van der Waals surface area contributed by atoms with Gasteiger partial charge in [0.1, 0.15) is 0 Å². The fourth-order valence-electron chi connectivity index (χ4n) is 3.67. The van der Waals surface area contributed by atoms with E-state index in [-0.39, 0.29) is 5.60 Å². The zero-order valence-electron chi connectivity index (χ0n) is 12.4. The lowest BCUT2D eigenvalue weighted by Crippen LogP contribution is -2.55. The Balaban J connectivity index is 2.08. The summed E-state index contributed by atoms with van der Waals surface area (Å²) in [4.78, 5) is 2.63. The predicted octanol–water partition coefficient (Wildman–Crippen LogP) is 2.55. The molecule has 3 nitrogen and oxygen atoms in total. The summed E-state index contributed by atoms with van der Waals surface area (Å²) in [7, 11) is 1.90. The van der Waals surface area contributed by atoms with Crippen LogP contribution >= 0.6 is 0 Å². The SMILES string of the molecule is CO[C@@]1(C(C)C)CCC(C)C(N2CCOCC2)C1. The summed E-state index contributed by atoms with van der Waals surface area (Å²) >= 11 is 0. The molecule has 2 fully saturated rings. The van der Waals surface area contributed by atoms with Crippen LogP contribution < -0.4 is 0 Å². The van der Waals surface area contributed by atoms with Gasteiger partial charge in [0.25, 0.3) is 0 Å². The topological polar surface area (TPSA) is 21.7 Å². The van der Waals surface area contributed by atoms with Crippen LogP contribution in [0.15, 0.2) is 0 Å². The minimum atomic E-state index is 0.0927. The maximum absolute atomic E-state index is 5.95. The lowest BCUT2D eigenvalue weighted by Gasteiger charge is -2.49. The molecule has 0 radical (unpaired) electrons. The highest BCUT2D eigenvalue weighted by atomic mass is 16.5. The normalized spacial score (nSPS) is 39.2. The molecule has 0 amide bonds. The lowest BCUT2D eigenvalue weighted by molar-refractivity contribution is -0.115. The predicted molar refractivity (Wildman–Crippen MR) is 73.8 cm³/mol. The maximum Gasteiger partial charge on any atom is 0.0716 e. The van der Waals surface area contributed by atoms with Crippen LogP contribution in [0.1, 0.15) is 40.0 Å². The van der Waals surface area contributed by atoms with Crippen molar-refractivity contribution < 1.29 is 9.47 Å². The van der Waals surface area contributed by atoms with Crippen LogP contribution in [-0.4, -0.2) is 50.0 Å². The first-order chi connectivity index (χ1) is 8.59. The fraction of sp³-hybridized carbons (Fsp3) is 1.00. The summed E-state index contributed by atoms with van der Waals surface area (Å²) < 4.78 is 11.4. The van der Waals surface area contributed by atoms with Gasteiger partial charge < -0.3 is 9.47 Å². The molecule has 1 aliphatic carbocycles. The second kappa shape index (κ2) is 5.89. The van der Waals surface area contributed by atoms with E-state index in [9.17, 15) is 0 Å². The van der Waals surface area contributed by atoms with Crippen LogP contribution in [0.4, 0.5) is 0 Å². The van der Waals surface area contributed by atoms with Crippen molar-refractivity contribution in [3.05, 3.63) is 0 Å². The molecular formula is C15H29NO2. The first kappa shape index (κ1) is 14.3. The van der Waals surface area contributed by atoms with Crippen molar-refractivity contribution >= 4 is 0 Å². The van der Waals surface area contributed by atoms with E-state index in [1.165, 1.54) is 19.3 Å². The van der Waals surface area contributed by atoms with Gasteiger partial charge in [0.15, 0.2) is 0 Å². The molecule has 1 aliphatic heterocycles. The average molecular weight is 255 g/mol. The fourth-order valence-corrected chi connectivity index (χ4v) is 3.67. The number of morpholine rings is 1. The van der Waals surface area contributed by atoms with Crippen LogP contribution in [0.5, 0.6) is 0 Å². The zero-order valence-corrected chi connectivity index (χ0v) is 12.4. The molecule has 1 saturated carbocycles. The average Bonchev–Trinajstić information content (AvgIpc) is 2.40. The van der Waals surface area contributed by atoms with E-state index in [0.717, 1.165) is 32.2 Å². The van der Waals surface area contributed by atoms with Crippen LogP contribution in [0.3, 0.4) is 0 Å². The van der Waals surface area contributed by atoms with E-state index >= 15 is 0 Å². The first-order valence-corrected chi connectivity index (χ1v) is 7.46. The summed E-state index contributed by atoms with van der Waals surface area (Å²) in [6, 6.07) is 0.671. The van der Waals surface area contributed by atoms with Gasteiger partial charge in [0, 0.05) is 26.2 Å². The molecule has 2 unspecified atom stereocenters. The largest absolute Gasteiger partial charge is 0.379 e. The summed E-state index contributed by atoms with van der Waals surface area (Å²) in [5.74, 6) is 1.38. The van der Waals surface area contributed by atoms with Gasteiger partial charge in [0.05, 0.1) is 18.8 Å². The van der Waals surface area contributed by atoms with Gasteiger partial charge in [0.2, 0.25) is 0 Å². The van der Waals surface area contributed by atoms with E-state index in [2.05, 4.69) is 25.7 Å². The highest BCUT2D eigenvalue weighted by molar-refractivity contribution is 4.96. The highest BCUT2D eigenvalue weighted by Gasteiger charge is 2.43. The Bertz CT molecular complexity index is 263. The van der Waals surface area contributed by atoms with Crippen LogP contribution in [0.2, 0.25) is 0 Å². The molecule has 18 heavy (non-hydrogen) atoms. The van der Waals surface area contributed by atoms with E-state index in [4.69, 9.17) is 9.47 Å². The highest BCUT2D eigenvalue weighted by Crippen LogP contribution is 2.41. The molecule has 0 N–H and O–H groups in total. The number of rotatable bonds is 3. The van der Waals surface area contributed by atoms with Gasteiger partial charge in [-0.1, -0.05) is 20.8 Å². The molecule has 0 bridgehead atoms. The molecule has 0 aromatic rings.